The van der Waals surface area contributed by atoms with Gasteiger partial charge in [-0.25, -0.2) is 0 Å². The first-order chi connectivity index (χ1) is 4.63. The molecule has 0 amide bonds. The van der Waals surface area contributed by atoms with Gasteiger partial charge in [0.15, 0.2) is 0 Å². The smallest absolute Gasteiger partial charge is 0.251 e. The number of aromatic amines is 1. The minimum absolute atomic E-state index is 0.0632. The first-order valence-corrected chi connectivity index (χ1v) is 3.07. The summed E-state index contributed by atoms with van der Waals surface area (Å²) in [6.07, 6.45) is 1.52. The lowest BCUT2D eigenvalue weighted by atomic mass is 9.91. The van der Waals surface area contributed by atoms with Gasteiger partial charge in [0, 0.05) is 5.56 Å². The molecule has 1 N–H and O–H groups in total. The number of rotatable bonds is 0. The second-order valence-corrected chi connectivity index (χ2v) is 2.32. The van der Waals surface area contributed by atoms with Crippen LogP contribution in [0.15, 0.2) is 11.0 Å². The average molecular weight is 133 g/mol. The third-order valence-corrected chi connectivity index (χ3v) is 1.69. The highest BCUT2D eigenvalue weighted by molar-refractivity contribution is 6.33. The summed E-state index contributed by atoms with van der Waals surface area (Å²) in [5.74, 6) is 0. The van der Waals surface area contributed by atoms with Crippen molar-refractivity contribution in [2.75, 3.05) is 0 Å². The van der Waals surface area contributed by atoms with Crippen molar-refractivity contribution in [1.82, 2.24) is 4.98 Å². The molecule has 1 aromatic heterocycles. The normalized spacial score (nSPS) is 9.80. The van der Waals surface area contributed by atoms with Crippen LogP contribution in [0.25, 0.3) is 0 Å². The zero-order valence-electron chi connectivity index (χ0n) is 6.06. The standard InChI is InChI=1S/C7H8BNO/c1-4-5(2)7(10)9-3-6(4)8/h3H,1-2H3,(H,9,10). The van der Waals surface area contributed by atoms with Gasteiger partial charge in [-0.1, -0.05) is 5.46 Å². The highest BCUT2D eigenvalue weighted by Crippen LogP contribution is 1.92. The SMILES string of the molecule is [B]c1c[nH]c(=O)c(C)c1C. The lowest BCUT2D eigenvalue weighted by Crippen LogP contribution is -2.20. The van der Waals surface area contributed by atoms with Crippen LogP contribution in [-0.4, -0.2) is 12.8 Å². The van der Waals surface area contributed by atoms with Gasteiger partial charge in [0.1, 0.15) is 7.85 Å². The third-order valence-electron chi connectivity index (χ3n) is 1.69. The van der Waals surface area contributed by atoms with Gasteiger partial charge < -0.3 is 4.98 Å². The molecule has 3 heteroatoms. The number of pyridine rings is 1. The second-order valence-electron chi connectivity index (χ2n) is 2.32. The van der Waals surface area contributed by atoms with Crippen molar-refractivity contribution in [2.24, 2.45) is 0 Å². The minimum atomic E-state index is -0.0632. The molecule has 50 valence electrons. The maximum Gasteiger partial charge on any atom is 0.251 e. The summed E-state index contributed by atoms with van der Waals surface area (Å²) >= 11 is 0. The molecule has 0 atom stereocenters. The van der Waals surface area contributed by atoms with E-state index in [1.165, 1.54) is 6.20 Å². The number of aromatic nitrogens is 1. The van der Waals surface area contributed by atoms with Crippen LogP contribution in [0.4, 0.5) is 0 Å². The summed E-state index contributed by atoms with van der Waals surface area (Å²) in [6.45, 7) is 3.59. The molecule has 0 unspecified atom stereocenters. The van der Waals surface area contributed by atoms with Crippen molar-refractivity contribution in [3.8, 4) is 0 Å². The fourth-order valence-corrected chi connectivity index (χ4v) is 0.747. The average Bonchev–Trinajstić information content (AvgIpc) is 1.93. The van der Waals surface area contributed by atoms with E-state index in [1.54, 1.807) is 6.92 Å². The largest absolute Gasteiger partial charge is 0.329 e. The molecule has 1 rings (SSSR count). The van der Waals surface area contributed by atoms with E-state index in [1.807, 2.05) is 6.92 Å². The summed E-state index contributed by atoms with van der Waals surface area (Å²) in [7, 11) is 5.52. The fraction of sp³-hybridized carbons (Fsp3) is 0.286. The molecule has 2 radical (unpaired) electrons. The number of H-pyrrole nitrogens is 1. The van der Waals surface area contributed by atoms with Crippen molar-refractivity contribution in [2.45, 2.75) is 13.8 Å². The van der Waals surface area contributed by atoms with Crippen LogP contribution in [0.2, 0.25) is 0 Å². The maximum atomic E-state index is 10.9. The Morgan fingerprint density at radius 1 is 1.40 bits per heavy atom. The topological polar surface area (TPSA) is 32.9 Å². The Bertz CT molecular complexity index is 303. The first kappa shape index (κ1) is 7.13. The quantitative estimate of drug-likeness (QED) is 0.487. The number of hydrogen-bond donors (Lipinski definition) is 1. The molecule has 0 saturated heterocycles. The lowest BCUT2D eigenvalue weighted by molar-refractivity contribution is 1.16. The van der Waals surface area contributed by atoms with Gasteiger partial charge in [-0.15, -0.1) is 0 Å². The van der Waals surface area contributed by atoms with Crippen LogP contribution in [0, 0.1) is 13.8 Å². The van der Waals surface area contributed by atoms with Gasteiger partial charge in [0.2, 0.25) is 0 Å². The Balaban J connectivity index is 3.49. The Hall–Kier alpha value is -0.985. The monoisotopic (exact) mass is 133 g/mol. The summed E-state index contributed by atoms with van der Waals surface area (Å²) in [4.78, 5) is 13.4. The van der Waals surface area contributed by atoms with Gasteiger partial charge in [-0.05, 0) is 25.6 Å². The molecule has 0 aliphatic carbocycles. The van der Waals surface area contributed by atoms with Crippen LogP contribution in [-0.2, 0) is 0 Å². The zero-order valence-corrected chi connectivity index (χ0v) is 6.06. The summed E-state index contributed by atoms with van der Waals surface area (Å²) in [5.41, 5.74) is 2.13. The predicted octanol–water partition coefficient (Wildman–Crippen LogP) is -0.214. The summed E-state index contributed by atoms with van der Waals surface area (Å²) in [5, 5.41) is 0. The van der Waals surface area contributed by atoms with E-state index in [2.05, 4.69) is 4.98 Å². The van der Waals surface area contributed by atoms with Gasteiger partial charge in [0.05, 0.1) is 0 Å². The molecule has 2 nitrogen and oxygen atoms in total. The molecule has 0 spiro atoms. The summed E-state index contributed by atoms with van der Waals surface area (Å²) in [6, 6.07) is 0. The van der Waals surface area contributed by atoms with Crippen LogP contribution in [0.3, 0.4) is 0 Å². The molecule has 0 aromatic carbocycles. The molecule has 0 bridgehead atoms. The van der Waals surface area contributed by atoms with E-state index < -0.39 is 0 Å². The van der Waals surface area contributed by atoms with Crippen LogP contribution in [0.1, 0.15) is 11.1 Å². The van der Waals surface area contributed by atoms with Gasteiger partial charge in [0.25, 0.3) is 5.56 Å². The third kappa shape index (κ3) is 0.990. The zero-order chi connectivity index (χ0) is 7.72. The van der Waals surface area contributed by atoms with Gasteiger partial charge in [-0.3, -0.25) is 4.79 Å². The fourth-order valence-electron chi connectivity index (χ4n) is 0.747. The minimum Gasteiger partial charge on any atom is -0.329 e. The van der Waals surface area contributed by atoms with Crippen LogP contribution < -0.4 is 11.0 Å². The van der Waals surface area contributed by atoms with Crippen molar-refractivity contribution in [3.63, 3.8) is 0 Å². The molecule has 10 heavy (non-hydrogen) atoms. The molecule has 0 saturated carbocycles. The highest BCUT2D eigenvalue weighted by atomic mass is 16.1. The molecule has 0 aliphatic rings. The maximum absolute atomic E-state index is 10.9. The van der Waals surface area contributed by atoms with Crippen molar-refractivity contribution in [3.05, 3.63) is 27.7 Å². The molecule has 1 heterocycles. The predicted molar refractivity (Wildman–Crippen MR) is 41.9 cm³/mol. The molecular weight excluding hydrogens is 125 g/mol. The second kappa shape index (κ2) is 2.33. The van der Waals surface area contributed by atoms with Crippen molar-refractivity contribution in [1.29, 1.82) is 0 Å². The van der Waals surface area contributed by atoms with E-state index >= 15 is 0 Å². The molecular formula is C7H8BNO. The highest BCUT2D eigenvalue weighted by Gasteiger charge is 1.98. The molecule has 0 fully saturated rings. The summed E-state index contributed by atoms with van der Waals surface area (Å²) < 4.78 is 0. The Morgan fingerprint density at radius 2 is 2.00 bits per heavy atom. The van der Waals surface area contributed by atoms with Gasteiger partial charge >= 0.3 is 0 Å². The lowest BCUT2D eigenvalue weighted by Gasteiger charge is -2.00. The van der Waals surface area contributed by atoms with Crippen LogP contribution >= 0.6 is 0 Å². The molecule has 1 aromatic rings. The number of hydrogen-bond acceptors (Lipinski definition) is 1. The van der Waals surface area contributed by atoms with E-state index in [0.29, 0.717) is 11.0 Å². The Kier molecular flexibility index (Phi) is 1.66. The van der Waals surface area contributed by atoms with Crippen molar-refractivity contribution >= 4 is 13.3 Å². The van der Waals surface area contributed by atoms with E-state index in [4.69, 9.17) is 7.85 Å². The van der Waals surface area contributed by atoms with Crippen molar-refractivity contribution < 1.29 is 0 Å². The van der Waals surface area contributed by atoms with E-state index in [-0.39, 0.29) is 5.56 Å². The van der Waals surface area contributed by atoms with E-state index in [0.717, 1.165) is 5.56 Å². The first-order valence-electron chi connectivity index (χ1n) is 3.07. The van der Waals surface area contributed by atoms with E-state index in [9.17, 15) is 4.79 Å². The Morgan fingerprint density at radius 3 is 2.50 bits per heavy atom. The number of nitrogens with one attached hydrogen (secondary N) is 1. The Labute approximate surface area is 60.7 Å². The van der Waals surface area contributed by atoms with Crippen LogP contribution in [0.5, 0.6) is 0 Å². The van der Waals surface area contributed by atoms with Gasteiger partial charge in [-0.2, -0.15) is 0 Å². The molecule has 0 aliphatic heterocycles.